The molecule has 49 heavy (non-hydrogen) atoms. The minimum Gasteiger partial charge on any atom is -0.292 e. The van der Waals surface area contributed by atoms with Gasteiger partial charge in [0.2, 0.25) is 0 Å². The van der Waals surface area contributed by atoms with E-state index in [1.807, 2.05) is 0 Å². The topological polar surface area (TPSA) is 30.7 Å². The molecule has 4 heteroatoms. The summed E-state index contributed by atoms with van der Waals surface area (Å²) in [5.74, 6) is 1.67. The number of fused-ring (bicyclic) bond motifs is 12. The van der Waals surface area contributed by atoms with E-state index in [-0.39, 0.29) is 5.41 Å². The second-order valence-corrected chi connectivity index (χ2v) is 14.8. The van der Waals surface area contributed by atoms with Crippen LogP contribution in [0, 0.1) is 0 Å². The largest absolute Gasteiger partial charge is 0.292 e. The van der Waals surface area contributed by atoms with E-state index in [1.165, 1.54) is 53.9 Å². The molecule has 0 radical (unpaired) electrons. The highest BCUT2D eigenvalue weighted by Crippen LogP contribution is 2.52. The van der Waals surface area contributed by atoms with E-state index in [4.69, 9.17) is 9.97 Å². The zero-order chi connectivity index (χ0) is 32.4. The van der Waals surface area contributed by atoms with Gasteiger partial charge in [-0.2, -0.15) is 0 Å². The fraction of sp³-hybridized carbons (Fsp3) is 0.0667. The minimum atomic E-state index is -0.120. The third-order valence-corrected chi connectivity index (χ3v) is 11.9. The van der Waals surface area contributed by atoms with E-state index in [2.05, 4.69) is 158 Å². The highest BCUT2D eigenvalue weighted by molar-refractivity contribution is 7.26. The van der Waals surface area contributed by atoms with Gasteiger partial charge in [-0.3, -0.25) is 4.57 Å². The van der Waals surface area contributed by atoms with E-state index in [0.29, 0.717) is 0 Å². The Bertz CT molecular complexity index is 3030. The third-order valence-electron chi connectivity index (χ3n) is 10.8. The first-order valence-electron chi connectivity index (χ1n) is 16.8. The fourth-order valence-electron chi connectivity index (χ4n) is 8.58. The van der Waals surface area contributed by atoms with Crippen molar-refractivity contribution in [3.63, 3.8) is 0 Å². The van der Waals surface area contributed by atoms with Crippen LogP contribution in [0.1, 0.15) is 25.0 Å². The summed E-state index contributed by atoms with van der Waals surface area (Å²) in [6, 6.07) is 50.7. The Morgan fingerprint density at radius 2 is 1.27 bits per heavy atom. The molecule has 0 saturated heterocycles. The molecule has 3 nitrogen and oxygen atoms in total. The molecular weight excluding hydrogens is 615 g/mol. The molecule has 0 saturated carbocycles. The lowest BCUT2D eigenvalue weighted by molar-refractivity contribution is 0.666. The lowest BCUT2D eigenvalue weighted by Gasteiger charge is -2.23. The zero-order valence-corrected chi connectivity index (χ0v) is 27.8. The maximum absolute atomic E-state index is 5.54. The maximum atomic E-state index is 5.54. The Kier molecular flexibility index (Phi) is 5.33. The van der Waals surface area contributed by atoms with Gasteiger partial charge in [-0.15, -0.1) is 11.3 Å². The lowest BCUT2D eigenvalue weighted by Crippen LogP contribution is -2.15. The molecule has 0 unspecified atom stereocenters. The van der Waals surface area contributed by atoms with Crippen LogP contribution in [0.25, 0.3) is 92.0 Å². The van der Waals surface area contributed by atoms with Crippen molar-refractivity contribution in [1.29, 1.82) is 0 Å². The van der Waals surface area contributed by atoms with Gasteiger partial charge in [-0.1, -0.05) is 129 Å². The molecule has 1 aliphatic rings. The highest BCUT2D eigenvalue weighted by Gasteiger charge is 2.37. The second-order valence-electron chi connectivity index (χ2n) is 13.8. The molecule has 0 spiro atoms. The predicted octanol–water partition coefficient (Wildman–Crippen LogP) is 12.2. The van der Waals surface area contributed by atoms with Crippen LogP contribution in [0.15, 0.2) is 140 Å². The second kappa shape index (κ2) is 9.62. The molecule has 230 valence electrons. The summed E-state index contributed by atoms with van der Waals surface area (Å²) < 4.78 is 4.72. The van der Waals surface area contributed by atoms with Crippen molar-refractivity contribution in [2.24, 2.45) is 0 Å². The summed E-state index contributed by atoms with van der Waals surface area (Å²) in [5.41, 5.74) is 9.69. The van der Waals surface area contributed by atoms with Crippen molar-refractivity contribution < 1.29 is 0 Å². The summed E-state index contributed by atoms with van der Waals surface area (Å²) in [7, 11) is 0. The van der Waals surface area contributed by atoms with Gasteiger partial charge in [-0.05, 0) is 68.1 Å². The van der Waals surface area contributed by atoms with Gasteiger partial charge in [0.1, 0.15) is 0 Å². The quantitative estimate of drug-likeness (QED) is 0.188. The molecule has 1 aliphatic carbocycles. The zero-order valence-electron chi connectivity index (χ0n) is 27.0. The summed E-state index contributed by atoms with van der Waals surface area (Å²) >= 11 is 1.78. The van der Waals surface area contributed by atoms with Crippen LogP contribution in [0.4, 0.5) is 0 Å². The van der Waals surface area contributed by atoms with Crippen molar-refractivity contribution in [2.75, 3.05) is 0 Å². The SMILES string of the molecule is CC1(C)c2ccccc2-c2ccc3cc4c5ccccc5n(-c5nc(-c6cccc7ccccc67)nc6c5sc5ccccc56)c4cc3c21. The Labute approximate surface area is 286 Å². The molecule has 3 heterocycles. The van der Waals surface area contributed by atoms with Crippen LogP contribution >= 0.6 is 11.3 Å². The molecule has 0 atom stereocenters. The Balaban J connectivity index is 1.30. The molecule has 10 aromatic rings. The summed E-state index contributed by atoms with van der Waals surface area (Å²) in [6.07, 6.45) is 0. The van der Waals surface area contributed by atoms with Crippen LogP contribution in [0.3, 0.4) is 0 Å². The number of hydrogen-bond donors (Lipinski definition) is 0. The van der Waals surface area contributed by atoms with Crippen LogP contribution in [0.2, 0.25) is 0 Å². The summed E-state index contributed by atoms with van der Waals surface area (Å²) in [6.45, 7) is 4.75. The molecular formula is C45H29N3S. The van der Waals surface area contributed by atoms with Gasteiger partial charge in [0.05, 0.1) is 21.3 Å². The monoisotopic (exact) mass is 643 g/mol. The highest BCUT2D eigenvalue weighted by atomic mass is 32.1. The van der Waals surface area contributed by atoms with Crippen LogP contribution in [-0.4, -0.2) is 14.5 Å². The number of aromatic nitrogens is 3. The van der Waals surface area contributed by atoms with Crippen molar-refractivity contribution >= 4 is 75.0 Å². The van der Waals surface area contributed by atoms with Gasteiger partial charge >= 0.3 is 0 Å². The van der Waals surface area contributed by atoms with Crippen molar-refractivity contribution in [1.82, 2.24) is 14.5 Å². The number of benzene rings is 7. The third kappa shape index (κ3) is 3.61. The number of thiophene rings is 1. The molecule has 3 aromatic heterocycles. The molecule has 7 aromatic carbocycles. The molecule has 11 rings (SSSR count). The predicted molar refractivity (Wildman–Crippen MR) is 207 cm³/mol. The molecule has 0 aliphatic heterocycles. The summed E-state index contributed by atoms with van der Waals surface area (Å²) in [4.78, 5) is 10.9. The van der Waals surface area contributed by atoms with Crippen LogP contribution in [0.5, 0.6) is 0 Å². The van der Waals surface area contributed by atoms with Gasteiger partial charge in [0, 0.05) is 31.8 Å². The van der Waals surface area contributed by atoms with Crippen molar-refractivity contribution in [3.05, 3.63) is 151 Å². The van der Waals surface area contributed by atoms with Crippen LogP contribution in [-0.2, 0) is 5.41 Å². The van der Waals surface area contributed by atoms with Gasteiger partial charge in [0.25, 0.3) is 0 Å². The van der Waals surface area contributed by atoms with Crippen molar-refractivity contribution in [2.45, 2.75) is 19.3 Å². The first-order valence-corrected chi connectivity index (χ1v) is 17.7. The first kappa shape index (κ1) is 27.1. The van der Waals surface area contributed by atoms with E-state index < -0.39 is 0 Å². The van der Waals surface area contributed by atoms with Crippen LogP contribution < -0.4 is 0 Å². The average molecular weight is 644 g/mol. The van der Waals surface area contributed by atoms with E-state index in [0.717, 1.165) is 49.2 Å². The Morgan fingerprint density at radius 3 is 2.18 bits per heavy atom. The normalized spacial score (nSPS) is 13.7. The molecule has 0 amide bonds. The molecule has 0 N–H and O–H groups in total. The Morgan fingerprint density at radius 1 is 0.531 bits per heavy atom. The van der Waals surface area contributed by atoms with Crippen molar-refractivity contribution in [3.8, 4) is 28.3 Å². The minimum absolute atomic E-state index is 0.120. The number of para-hydroxylation sites is 1. The number of rotatable bonds is 2. The van der Waals surface area contributed by atoms with Gasteiger partial charge < -0.3 is 0 Å². The average Bonchev–Trinajstić information content (AvgIpc) is 3.75. The fourth-order valence-corrected chi connectivity index (χ4v) is 9.70. The number of nitrogens with zero attached hydrogens (tertiary/aromatic N) is 3. The number of hydrogen-bond acceptors (Lipinski definition) is 3. The summed E-state index contributed by atoms with van der Waals surface area (Å²) in [5, 5.41) is 8.52. The van der Waals surface area contributed by atoms with E-state index in [9.17, 15) is 0 Å². The lowest BCUT2D eigenvalue weighted by atomic mass is 9.80. The van der Waals surface area contributed by atoms with E-state index in [1.54, 1.807) is 11.3 Å². The Hall–Kier alpha value is -5.84. The van der Waals surface area contributed by atoms with Gasteiger partial charge in [0.15, 0.2) is 11.6 Å². The smallest absolute Gasteiger partial charge is 0.162 e. The molecule has 0 fully saturated rings. The molecule has 0 bridgehead atoms. The van der Waals surface area contributed by atoms with E-state index >= 15 is 0 Å². The maximum Gasteiger partial charge on any atom is 0.162 e. The van der Waals surface area contributed by atoms with Gasteiger partial charge in [-0.25, -0.2) is 9.97 Å². The standard InChI is InChI=1S/C45H29N3S/c1-45(2)36-19-8-5-15-29(36)31-23-22-27-24-35-30-16-6-9-20-37(30)48(38(35)25-34(27)40(31)45)44-42-41(33-17-7-10-21-39(33)49-42)46-43(47-44)32-18-11-13-26-12-3-4-14-28(26)32/h3-25H,1-2H3. The first-order chi connectivity index (χ1) is 24.1.